The van der Waals surface area contributed by atoms with Gasteiger partial charge in [0.05, 0.1) is 4.92 Å². The quantitative estimate of drug-likeness (QED) is 0.597. The number of amides is 1. The second-order valence-corrected chi connectivity index (χ2v) is 7.17. The van der Waals surface area contributed by atoms with Crippen LogP contribution in [0.2, 0.25) is 5.02 Å². The van der Waals surface area contributed by atoms with Crippen LogP contribution in [0.1, 0.15) is 59.7 Å². The molecule has 1 aliphatic carbocycles. The van der Waals surface area contributed by atoms with Gasteiger partial charge in [-0.3, -0.25) is 14.9 Å². The minimum atomic E-state index is -0.561. The molecule has 1 saturated heterocycles. The predicted molar refractivity (Wildman–Crippen MR) is 92.3 cm³/mol. The van der Waals surface area contributed by atoms with Crippen LogP contribution in [0.25, 0.3) is 0 Å². The van der Waals surface area contributed by atoms with Crippen LogP contribution in [-0.2, 0) is 0 Å². The SMILES string of the molecule is O=C(c1cc(Cl)ccc1[N+](=O)[O-])N1CCC(c2nnc(C3CC3)o2)CC1. The van der Waals surface area contributed by atoms with Crippen LogP contribution in [-0.4, -0.2) is 39.0 Å². The number of carbonyl (C=O) groups is 1. The lowest BCUT2D eigenvalue weighted by Gasteiger charge is -2.30. The first-order valence-electron chi connectivity index (χ1n) is 8.59. The molecule has 0 atom stereocenters. The molecule has 26 heavy (non-hydrogen) atoms. The number of piperidine rings is 1. The van der Waals surface area contributed by atoms with Gasteiger partial charge in [0.1, 0.15) is 5.56 Å². The summed E-state index contributed by atoms with van der Waals surface area (Å²) < 4.78 is 5.76. The summed E-state index contributed by atoms with van der Waals surface area (Å²) in [5, 5.41) is 19.7. The van der Waals surface area contributed by atoms with Gasteiger partial charge in [-0.05, 0) is 37.8 Å². The molecular weight excluding hydrogens is 360 g/mol. The Morgan fingerprint density at radius 3 is 2.35 bits per heavy atom. The zero-order valence-electron chi connectivity index (χ0n) is 13.9. The summed E-state index contributed by atoms with van der Waals surface area (Å²) in [6.07, 6.45) is 3.58. The van der Waals surface area contributed by atoms with E-state index in [0.717, 1.165) is 12.8 Å². The van der Waals surface area contributed by atoms with Crippen molar-refractivity contribution >= 4 is 23.2 Å². The molecule has 2 aromatic rings. The lowest BCUT2D eigenvalue weighted by Crippen LogP contribution is -2.38. The van der Waals surface area contributed by atoms with Crippen molar-refractivity contribution in [3.05, 3.63) is 50.7 Å². The van der Waals surface area contributed by atoms with E-state index in [0.29, 0.717) is 48.7 Å². The van der Waals surface area contributed by atoms with Crippen molar-refractivity contribution in [3.8, 4) is 0 Å². The van der Waals surface area contributed by atoms with Gasteiger partial charge in [0.15, 0.2) is 0 Å². The van der Waals surface area contributed by atoms with Crippen molar-refractivity contribution in [2.45, 2.75) is 37.5 Å². The minimum absolute atomic E-state index is 0.0229. The molecule has 2 fully saturated rings. The average Bonchev–Trinajstić information content (AvgIpc) is 3.38. The summed E-state index contributed by atoms with van der Waals surface area (Å²) >= 11 is 5.92. The molecule has 0 spiro atoms. The van der Waals surface area contributed by atoms with Gasteiger partial charge < -0.3 is 9.32 Å². The van der Waals surface area contributed by atoms with E-state index in [4.69, 9.17) is 16.0 Å². The molecule has 1 saturated carbocycles. The number of hydrogen-bond acceptors (Lipinski definition) is 6. The summed E-state index contributed by atoms with van der Waals surface area (Å²) in [6, 6.07) is 4.03. The van der Waals surface area contributed by atoms with Crippen molar-refractivity contribution in [1.29, 1.82) is 0 Å². The molecule has 4 rings (SSSR count). The highest BCUT2D eigenvalue weighted by atomic mass is 35.5. The topological polar surface area (TPSA) is 102 Å². The van der Waals surface area contributed by atoms with Gasteiger partial charge in [0.2, 0.25) is 11.8 Å². The fourth-order valence-corrected chi connectivity index (χ4v) is 3.42. The lowest BCUT2D eigenvalue weighted by atomic mass is 9.96. The molecule has 0 unspecified atom stereocenters. The van der Waals surface area contributed by atoms with Gasteiger partial charge >= 0.3 is 0 Å². The fourth-order valence-electron chi connectivity index (χ4n) is 3.25. The number of carbonyl (C=O) groups excluding carboxylic acids is 1. The van der Waals surface area contributed by atoms with Crippen molar-refractivity contribution in [1.82, 2.24) is 15.1 Å². The van der Waals surface area contributed by atoms with E-state index in [1.165, 1.54) is 18.2 Å². The van der Waals surface area contributed by atoms with Gasteiger partial charge in [-0.15, -0.1) is 10.2 Å². The van der Waals surface area contributed by atoms with E-state index in [2.05, 4.69) is 10.2 Å². The zero-order valence-corrected chi connectivity index (χ0v) is 14.7. The molecule has 0 N–H and O–H groups in total. The maximum absolute atomic E-state index is 12.7. The largest absolute Gasteiger partial charge is 0.425 e. The van der Waals surface area contributed by atoms with Crippen LogP contribution in [0.15, 0.2) is 22.6 Å². The Morgan fingerprint density at radius 2 is 1.77 bits per heavy atom. The molecule has 2 aliphatic rings. The Balaban J connectivity index is 1.45. The predicted octanol–water partition coefficient (Wildman–Crippen LogP) is 3.53. The molecule has 136 valence electrons. The average molecular weight is 377 g/mol. The Bertz CT molecular complexity index is 856. The number of nitro benzene ring substituents is 1. The van der Waals surface area contributed by atoms with Crippen molar-refractivity contribution < 1.29 is 14.1 Å². The van der Waals surface area contributed by atoms with Gasteiger partial charge in [0, 0.05) is 36.0 Å². The summed E-state index contributed by atoms with van der Waals surface area (Å²) in [7, 11) is 0. The molecule has 9 heteroatoms. The van der Waals surface area contributed by atoms with Crippen LogP contribution in [0.4, 0.5) is 5.69 Å². The fraction of sp³-hybridized carbons (Fsp3) is 0.471. The molecular formula is C17H17ClN4O4. The number of halogens is 1. The van der Waals surface area contributed by atoms with E-state index in [1.807, 2.05) is 0 Å². The normalized spacial score (nSPS) is 18.1. The summed E-state index contributed by atoms with van der Waals surface area (Å²) in [4.78, 5) is 25.0. The first kappa shape index (κ1) is 17.0. The third-order valence-corrected chi connectivity index (χ3v) is 5.14. The zero-order chi connectivity index (χ0) is 18.3. The van der Waals surface area contributed by atoms with E-state index < -0.39 is 4.92 Å². The molecule has 0 radical (unpaired) electrons. The summed E-state index contributed by atoms with van der Waals surface area (Å²) in [5.74, 6) is 1.51. The summed E-state index contributed by atoms with van der Waals surface area (Å²) in [5.41, 5.74) is -0.206. The first-order chi connectivity index (χ1) is 12.5. The number of rotatable bonds is 4. The standard InChI is InChI=1S/C17H17ClN4O4/c18-12-3-4-14(22(24)25)13(9-12)17(23)21-7-5-11(6-8-21)16-20-19-15(26-16)10-1-2-10/h3-4,9-11H,1-2,5-8H2. The van der Waals surface area contributed by atoms with Crippen molar-refractivity contribution in [3.63, 3.8) is 0 Å². The van der Waals surface area contributed by atoms with Crippen LogP contribution in [0.3, 0.4) is 0 Å². The van der Waals surface area contributed by atoms with Crippen molar-refractivity contribution in [2.75, 3.05) is 13.1 Å². The maximum atomic E-state index is 12.7. The van der Waals surface area contributed by atoms with Crippen LogP contribution < -0.4 is 0 Å². The number of aromatic nitrogens is 2. The highest BCUT2D eigenvalue weighted by molar-refractivity contribution is 6.31. The third-order valence-electron chi connectivity index (χ3n) is 4.90. The number of nitrogens with zero attached hydrogens (tertiary/aromatic N) is 4. The highest BCUT2D eigenvalue weighted by Crippen LogP contribution is 2.40. The molecule has 0 bridgehead atoms. The minimum Gasteiger partial charge on any atom is -0.425 e. The second-order valence-electron chi connectivity index (χ2n) is 6.74. The highest BCUT2D eigenvalue weighted by Gasteiger charge is 2.33. The van der Waals surface area contributed by atoms with Gasteiger partial charge in [-0.1, -0.05) is 11.6 Å². The first-order valence-corrected chi connectivity index (χ1v) is 8.97. The summed E-state index contributed by atoms with van der Waals surface area (Å²) in [6.45, 7) is 0.961. The molecule has 2 heterocycles. The number of nitro groups is 1. The maximum Gasteiger partial charge on any atom is 0.282 e. The molecule has 1 amide bonds. The van der Waals surface area contributed by atoms with E-state index >= 15 is 0 Å². The van der Waals surface area contributed by atoms with E-state index in [-0.39, 0.29) is 23.1 Å². The lowest BCUT2D eigenvalue weighted by molar-refractivity contribution is -0.385. The third kappa shape index (κ3) is 3.29. The number of hydrogen-bond donors (Lipinski definition) is 0. The van der Waals surface area contributed by atoms with Crippen molar-refractivity contribution in [2.24, 2.45) is 0 Å². The Hall–Kier alpha value is -2.48. The van der Waals surface area contributed by atoms with Gasteiger partial charge in [-0.2, -0.15) is 0 Å². The van der Waals surface area contributed by atoms with E-state index in [9.17, 15) is 14.9 Å². The van der Waals surface area contributed by atoms with Crippen LogP contribution in [0, 0.1) is 10.1 Å². The monoisotopic (exact) mass is 376 g/mol. The second kappa shape index (κ2) is 6.68. The van der Waals surface area contributed by atoms with E-state index in [1.54, 1.807) is 4.90 Å². The van der Waals surface area contributed by atoms with Gasteiger partial charge in [-0.25, -0.2) is 0 Å². The molecule has 1 aromatic carbocycles. The number of benzene rings is 1. The van der Waals surface area contributed by atoms with Crippen LogP contribution >= 0.6 is 11.6 Å². The smallest absolute Gasteiger partial charge is 0.282 e. The van der Waals surface area contributed by atoms with Gasteiger partial charge in [0.25, 0.3) is 11.6 Å². The number of likely N-dealkylation sites (tertiary alicyclic amines) is 1. The van der Waals surface area contributed by atoms with Crippen LogP contribution in [0.5, 0.6) is 0 Å². The Morgan fingerprint density at radius 1 is 1.15 bits per heavy atom. The molecule has 8 nitrogen and oxygen atoms in total. The Kier molecular flexibility index (Phi) is 4.36. The molecule has 1 aliphatic heterocycles. The Labute approximate surface area is 154 Å². The molecule has 1 aromatic heterocycles.